The fourth-order valence-electron chi connectivity index (χ4n) is 7.86. The van der Waals surface area contributed by atoms with E-state index in [4.69, 9.17) is 4.74 Å². The number of unbranched alkanes of at least 4 members (excludes halogenated alkanes) is 25. The maximum atomic E-state index is 13.2. The first-order chi connectivity index (χ1) is 31.0. The summed E-state index contributed by atoms with van der Waals surface area (Å²) in [5, 5.41) is 23.8. The Hall–Kier alpha value is -2.70. The quantitative estimate of drug-likeness (QED) is 0.0245. The molecule has 3 atom stereocenters. The topological polar surface area (TPSA) is 95.9 Å². The highest BCUT2D eigenvalue weighted by Gasteiger charge is 2.24. The lowest BCUT2D eigenvalue weighted by atomic mass is 10.0. The van der Waals surface area contributed by atoms with Gasteiger partial charge in [0, 0.05) is 6.42 Å². The van der Waals surface area contributed by atoms with Gasteiger partial charge in [-0.05, 0) is 77.0 Å². The van der Waals surface area contributed by atoms with Crippen molar-refractivity contribution in [2.24, 2.45) is 0 Å². The van der Waals surface area contributed by atoms with Crippen LogP contribution >= 0.6 is 0 Å². The molecule has 0 aliphatic heterocycles. The standard InChI is InChI=1S/C57H101NO5/c1-4-7-10-13-16-19-22-25-28-31-34-37-40-43-46-49-55(60)54(52-59)58-56(61)51-53(48-45-42-39-36-33-30-27-24-21-18-15-12-9-6-3)63-57(62)50-47-44-41-38-35-32-29-26-23-20-17-14-11-8-5-2/h8-9,11-12,14,17-18,20-21,23,27,30,53-55,59-60H,4-7,10,13,15-16,19,22,24-26,28-29,31-52H2,1-3H3,(H,58,61)/b11-8+,12-9+,17-14+,21-18+,23-20+,30-27+. The van der Waals surface area contributed by atoms with Crippen LogP contribution in [0, 0.1) is 0 Å². The highest BCUT2D eigenvalue weighted by molar-refractivity contribution is 5.77. The van der Waals surface area contributed by atoms with Crippen LogP contribution in [0.15, 0.2) is 72.9 Å². The Balaban J connectivity index is 4.61. The minimum absolute atomic E-state index is 0.0553. The van der Waals surface area contributed by atoms with E-state index in [1.54, 1.807) is 0 Å². The molecule has 6 heteroatoms. The summed E-state index contributed by atoms with van der Waals surface area (Å²) in [6.07, 6.45) is 63.9. The van der Waals surface area contributed by atoms with Gasteiger partial charge in [-0.1, -0.05) is 235 Å². The summed E-state index contributed by atoms with van der Waals surface area (Å²) in [4.78, 5) is 26.2. The molecule has 63 heavy (non-hydrogen) atoms. The largest absolute Gasteiger partial charge is 0.462 e. The first kappa shape index (κ1) is 60.3. The minimum Gasteiger partial charge on any atom is -0.462 e. The minimum atomic E-state index is -0.799. The number of rotatable bonds is 47. The van der Waals surface area contributed by atoms with E-state index >= 15 is 0 Å². The summed E-state index contributed by atoms with van der Waals surface area (Å²) >= 11 is 0. The van der Waals surface area contributed by atoms with Gasteiger partial charge in [0.15, 0.2) is 0 Å². The number of aliphatic hydroxyl groups is 2. The van der Waals surface area contributed by atoms with E-state index in [1.807, 2.05) is 0 Å². The zero-order valence-corrected chi connectivity index (χ0v) is 41.4. The molecule has 0 aliphatic rings. The van der Waals surface area contributed by atoms with Gasteiger partial charge in [-0.15, -0.1) is 0 Å². The number of esters is 1. The predicted octanol–water partition coefficient (Wildman–Crippen LogP) is 16.2. The maximum Gasteiger partial charge on any atom is 0.306 e. The number of allylic oxidation sites excluding steroid dienone is 12. The normalized spacial score (nSPS) is 13.8. The molecule has 0 saturated carbocycles. The predicted molar refractivity (Wildman–Crippen MR) is 273 cm³/mol. The molecule has 0 aromatic carbocycles. The van der Waals surface area contributed by atoms with Crippen molar-refractivity contribution in [1.82, 2.24) is 5.32 Å². The molecule has 6 nitrogen and oxygen atoms in total. The molecule has 0 heterocycles. The Morgan fingerprint density at radius 2 is 0.937 bits per heavy atom. The molecular formula is C57H101NO5. The van der Waals surface area contributed by atoms with E-state index in [9.17, 15) is 19.8 Å². The zero-order chi connectivity index (χ0) is 45.9. The highest BCUT2D eigenvalue weighted by Crippen LogP contribution is 2.18. The fraction of sp³-hybridized carbons (Fsp3) is 0.754. The fourth-order valence-corrected chi connectivity index (χ4v) is 7.86. The first-order valence-corrected chi connectivity index (χ1v) is 26.7. The molecular weight excluding hydrogens is 779 g/mol. The molecule has 0 bridgehead atoms. The van der Waals surface area contributed by atoms with Crippen LogP contribution in [-0.4, -0.2) is 46.9 Å². The van der Waals surface area contributed by atoms with E-state index in [2.05, 4.69) is 99.0 Å². The van der Waals surface area contributed by atoms with E-state index in [0.717, 1.165) is 103 Å². The number of hydrogen-bond acceptors (Lipinski definition) is 5. The summed E-state index contributed by atoms with van der Waals surface area (Å²) < 4.78 is 5.93. The van der Waals surface area contributed by atoms with Gasteiger partial charge in [0.05, 0.1) is 25.2 Å². The summed E-state index contributed by atoms with van der Waals surface area (Å²) in [6.45, 7) is 6.24. The molecule has 1 amide bonds. The van der Waals surface area contributed by atoms with Crippen molar-refractivity contribution in [1.29, 1.82) is 0 Å². The number of nitrogens with one attached hydrogen (secondary N) is 1. The Kier molecular flexibility index (Phi) is 48.1. The van der Waals surface area contributed by atoms with Crippen LogP contribution in [-0.2, 0) is 14.3 Å². The second kappa shape index (κ2) is 50.3. The number of carbonyl (C=O) groups is 2. The second-order valence-electron chi connectivity index (χ2n) is 17.9. The van der Waals surface area contributed by atoms with E-state index in [-0.39, 0.29) is 24.9 Å². The van der Waals surface area contributed by atoms with Gasteiger partial charge >= 0.3 is 5.97 Å². The van der Waals surface area contributed by atoms with Gasteiger partial charge in [-0.25, -0.2) is 0 Å². The Morgan fingerprint density at radius 1 is 0.492 bits per heavy atom. The molecule has 0 radical (unpaired) electrons. The number of aliphatic hydroxyl groups excluding tert-OH is 2. The van der Waals surface area contributed by atoms with Gasteiger partial charge in [-0.2, -0.15) is 0 Å². The van der Waals surface area contributed by atoms with Crippen LogP contribution in [0.3, 0.4) is 0 Å². The lowest BCUT2D eigenvalue weighted by Gasteiger charge is -2.24. The van der Waals surface area contributed by atoms with Crippen LogP contribution in [0.25, 0.3) is 0 Å². The van der Waals surface area contributed by atoms with Crippen molar-refractivity contribution in [3.8, 4) is 0 Å². The molecule has 3 unspecified atom stereocenters. The van der Waals surface area contributed by atoms with Crippen molar-refractivity contribution in [3.63, 3.8) is 0 Å². The molecule has 3 N–H and O–H groups in total. The zero-order valence-electron chi connectivity index (χ0n) is 41.4. The van der Waals surface area contributed by atoms with Gasteiger partial charge in [0.25, 0.3) is 0 Å². The van der Waals surface area contributed by atoms with E-state index in [0.29, 0.717) is 19.3 Å². The lowest BCUT2D eigenvalue weighted by Crippen LogP contribution is -2.46. The van der Waals surface area contributed by atoms with Gasteiger partial charge in [0.2, 0.25) is 5.91 Å². The lowest BCUT2D eigenvalue weighted by molar-refractivity contribution is -0.151. The number of ether oxygens (including phenoxy) is 1. The van der Waals surface area contributed by atoms with Crippen molar-refractivity contribution in [3.05, 3.63) is 72.9 Å². The molecule has 0 aromatic heterocycles. The third-order valence-corrected chi connectivity index (χ3v) is 11.8. The highest BCUT2D eigenvalue weighted by atomic mass is 16.5. The molecule has 0 saturated heterocycles. The summed E-state index contributed by atoms with van der Waals surface area (Å²) in [5.74, 6) is -0.509. The average molecular weight is 880 g/mol. The summed E-state index contributed by atoms with van der Waals surface area (Å²) in [7, 11) is 0. The van der Waals surface area contributed by atoms with Crippen molar-refractivity contribution < 1.29 is 24.5 Å². The third kappa shape index (κ3) is 45.7. The van der Waals surface area contributed by atoms with Crippen LogP contribution in [0.5, 0.6) is 0 Å². The van der Waals surface area contributed by atoms with E-state index in [1.165, 1.54) is 103 Å². The summed E-state index contributed by atoms with van der Waals surface area (Å²) in [5.41, 5.74) is 0. The molecule has 0 spiro atoms. The molecule has 0 fully saturated rings. The first-order valence-electron chi connectivity index (χ1n) is 26.7. The third-order valence-electron chi connectivity index (χ3n) is 11.8. The van der Waals surface area contributed by atoms with Crippen LogP contribution < -0.4 is 5.32 Å². The summed E-state index contributed by atoms with van der Waals surface area (Å²) in [6, 6.07) is -0.714. The van der Waals surface area contributed by atoms with E-state index < -0.39 is 18.2 Å². The second-order valence-corrected chi connectivity index (χ2v) is 17.9. The van der Waals surface area contributed by atoms with Gasteiger partial charge in [-0.3, -0.25) is 9.59 Å². The average Bonchev–Trinajstić information content (AvgIpc) is 3.28. The van der Waals surface area contributed by atoms with Crippen molar-refractivity contribution >= 4 is 11.9 Å². The number of hydrogen-bond donors (Lipinski definition) is 3. The monoisotopic (exact) mass is 880 g/mol. The Labute approximate surface area is 390 Å². The van der Waals surface area contributed by atoms with Crippen molar-refractivity contribution in [2.45, 2.75) is 270 Å². The maximum absolute atomic E-state index is 13.2. The SMILES string of the molecule is CC/C=C/C=C/C=C/CCCCCCCCCC(=O)OC(CCCCCC/C=C/C/C=C/C/C=C/CC)CC(=O)NC(CO)C(O)CCCCCCCCCCCCCCCCC. The van der Waals surface area contributed by atoms with Crippen LogP contribution in [0.4, 0.5) is 0 Å². The van der Waals surface area contributed by atoms with Crippen molar-refractivity contribution in [2.75, 3.05) is 6.61 Å². The molecule has 0 aromatic rings. The van der Waals surface area contributed by atoms with Gasteiger partial charge in [0.1, 0.15) is 6.10 Å². The smallest absolute Gasteiger partial charge is 0.306 e. The van der Waals surface area contributed by atoms with Crippen LogP contribution in [0.1, 0.15) is 252 Å². The molecule has 0 aliphatic carbocycles. The Bertz CT molecular complexity index is 1170. The molecule has 0 rings (SSSR count). The molecule has 364 valence electrons. The van der Waals surface area contributed by atoms with Gasteiger partial charge < -0.3 is 20.3 Å². The van der Waals surface area contributed by atoms with Crippen LogP contribution in [0.2, 0.25) is 0 Å². The number of carbonyl (C=O) groups excluding carboxylic acids is 2. The Morgan fingerprint density at radius 3 is 1.48 bits per heavy atom. The number of amides is 1.